The number of nitrogens with zero attached hydrogens (tertiary/aromatic N) is 2. The van der Waals surface area contributed by atoms with E-state index in [4.69, 9.17) is 8.83 Å². The molecule has 250 valence electrons. The van der Waals surface area contributed by atoms with E-state index < -0.39 is 0 Å². The van der Waals surface area contributed by atoms with Gasteiger partial charge in [-0.1, -0.05) is 82.9 Å². The largest absolute Gasteiger partial charge is 0.456 e. The first-order valence-electron chi connectivity index (χ1n) is 17.8. The smallest absolute Gasteiger partial charge is 0.138 e. The molecule has 8 aromatic carbocycles. The van der Waals surface area contributed by atoms with Gasteiger partial charge in [-0.25, -0.2) is 0 Å². The molecule has 2 aliphatic heterocycles. The Balaban J connectivity index is 1.19. The SMILES string of the molecule is Cc1ccc(N(c2ccc(C)cc2)c2cc3ccc4oc5cc(N(c6ccc(C)cc6)c6ccc(C)cc6)cc6ccc7oc(c2)c3c4-c7c65)cc1. The lowest BCUT2D eigenvalue weighted by Gasteiger charge is -2.28. The second-order valence-electron chi connectivity index (χ2n) is 14.2. The van der Waals surface area contributed by atoms with E-state index in [9.17, 15) is 0 Å². The van der Waals surface area contributed by atoms with Gasteiger partial charge in [0.15, 0.2) is 0 Å². The highest BCUT2D eigenvalue weighted by atomic mass is 16.3. The van der Waals surface area contributed by atoms with Crippen molar-refractivity contribution in [1.82, 2.24) is 0 Å². The normalized spacial score (nSPS) is 11.8. The lowest BCUT2D eigenvalue weighted by atomic mass is 9.89. The van der Waals surface area contributed by atoms with Crippen LogP contribution in [-0.4, -0.2) is 0 Å². The zero-order valence-electron chi connectivity index (χ0n) is 29.6. The van der Waals surface area contributed by atoms with E-state index in [-0.39, 0.29) is 0 Å². The zero-order valence-corrected chi connectivity index (χ0v) is 29.6. The van der Waals surface area contributed by atoms with E-state index in [2.05, 4.69) is 183 Å². The molecule has 0 radical (unpaired) electrons. The molecule has 2 heterocycles. The van der Waals surface area contributed by atoms with Crippen LogP contribution < -0.4 is 9.80 Å². The predicted octanol–water partition coefficient (Wildman–Crippen LogP) is 14.2. The highest BCUT2D eigenvalue weighted by Gasteiger charge is 2.27. The number of hydrogen-bond acceptors (Lipinski definition) is 4. The molecule has 52 heavy (non-hydrogen) atoms. The lowest BCUT2D eigenvalue weighted by molar-refractivity contribution is 0.646. The highest BCUT2D eigenvalue weighted by Crippen LogP contribution is 2.51. The Labute approximate surface area is 302 Å². The number of benzene rings is 8. The minimum absolute atomic E-state index is 0.828. The van der Waals surface area contributed by atoms with E-state index in [0.717, 1.165) is 89.1 Å². The third-order valence-corrected chi connectivity index (χ3v) is 10.4. The van der Waals surface area contributed by atoms with Gasteiger partial charge in [0.05, 0.1) is 11.4 Å². The maximum atomic E-state index is 6.89. The van der Waals surface area contributed by atoms with E-state index >= 15 is 0 Å². The Kier molecular flexibility index (Phi) is 6.71. The van der Waals surface area contributed by atoms with Crippen LogP contribution in [0.4, 0.5) is 34.1 Å². The van der Waals surface area contributed by atoms with E-state index in [0.29, 0.717) is 0 Å². The van der Waals surface area contributed by atoms with Crippen molar-refractivity contribution in [3.05, 3.63) is 168 Å². The maximum absolute atomic E-state index is 6.89. The van der Waals surface area contributed by atoms with Crippen molar-refractivity contribution in [3.63, 3.8) is 0 Å². The molecule has 0 spiro atoms. The van der Waals surface area contributed by atoms with Gasteiger partial charge in [0.2, 0.25) is 0 Å². The van der Waals surface area contributed by atoms with E-state index in [1.165, 1.54) is 22.3 Å². The first-order chi connectivity index (χ1) is 25.4. The monoisotopic (exact) mass is 672 g/mol. The molecule has 8 aromatic rings. The molecule has 4 heteroatoms. The van der Waals surface area contributed by atoms with E-state index in [1.54, 1.807) is 0 Å². The van der Waals surface area contributed by atoms with Crippen molar-refractivity contribution in [1.29, 1.82) is 0 Å². The lowest BCUT2D eigenvalue weighted by Crippen LogP contribution is -2.10. The van der Waals surface area contributed by atoms with Crippen LogP contribution in [0.2, 0.25) is 0 Å². The fourth-order valence-electron chi connectivity index (χ4n) is 7.78. The molecule has 0 aliphatic carbocycles. The van der Waals surface area contributed by atoms with Crippen LogP contribution >= 0.6 is 0 Å². The molecule has 0 fully saturated rings. The summed E-state index contributed by atoms with van der Waals surface area (Å²) in [6.07, 6.45) is 0. The molecule has 2 aliphatic rings. The average molecular weight is 673 g/mol. The number of hydrogen-bond donors (Lipinski definition) is 0. The first kappa shape index (κ1) is 30.3. The Hall–Kier alpha value is -6.52. The average Bonchev–Trinajstić information content (AvgIpc) is 3.16. The summed E-state index contributed by atoms with van der Waals surface area (Å²) in [5.74, 6) is 0. The molecule has 0 saturated carbocycles. The molecule has 0 amide bonds. The van der Waals surface area contributed by atoms with Gasteiger partial charge in [-0.15, -0.1) is 0 Å². The van der Waals surface area contributed by atoms with Crippen LogP contribution in [-0.2, 0) is 0 Å². The molecule has 0 bridgehead atoms. The minimum atomic E-state index is 0.828. The molecule has 0 saturated heterocycles. The summed E-state index contributed by atoms with van der Waals surface area (Å²) in [5, 5.41) is 4.35. The molecule has 0 unspecified atom stereocenters. The Morgan fingerprint density at radius 1 is 0.308 bits per heavy atom. The Morgan fingerprint density at radius 3 is 0.923 bits per heavy atom. The van der Waals surface area contributed by atoms with Crippen molar-refractivity contribution in [2.75, 3.05) is 9.80 Å². The fraction of sp³-hybridized carbons (Fsp3) is 0.0833. The van der Waals surface area contributed by atoms with Crippen LogP contribution in [0.3, 0.4) is 0 Å². The predicted molar refractivity (Wildman–Crippen MR) is 217 cm³/mol. The molecular weight excluding hydrogens is 637 g/mol. The van der Waals surface area contributed by atoms with Gasteiger partial charge in [-0.2, -0.15) is 0 Å². The second kappa shape index (κ2) is 11.5. The third-order valence-electron chi connectivity index (χ3n) is 10.4. The van der Waals surface area contributed by atoms with Gasteiger partial charge in [0.25, 0.3) is 0 Å². The number of aryl methyl sites for hydroxylation is 4. The van der Waals surface area contributed by atoms with Crippen molar-refractivity contribution < 1.29 is 8.83 Å². The summed E-state index contributed by atoms with van der Waals surface area (Å²) in [6.45, 7) is 8.49. The summed E-state index contributed by atoms with van der Waals surface area (Å²) in [6, 6.07) is 52.2. The van der Waals surface area contributed by atoms with Crippen molar-refractivity contribution >= 4 is 78.0 Å². The van der Waals surface area contributed by atoms with Crippen molar-refractivity contribution in [2.45, 2.75) is 27.7 Å². The molecule has 0 atom stereocenters. The highest BCUT2D eigenvalue weighted by molar-refractivity contribution is 6.24. The van der Waals surface area contributed by atoms with Crippen LogP contribution in [0, 0.1) is 27.7 Å². The van der Waals surface area contributed by atoms with Crippen molar-refractivity contribution in [3.8, 4) is 11.1 Å². The molecule has 0 aromatic heterocycles. The number of rotatable bonds is 6. The van der Waals surface area contributed by atoms with Gasteiger partial charge < -0.3 is 18.6 Å². The van der Waals surface area contributed by atoms with Crippen LogP contribution in [0.1, 0.15) is 22.3 Å². The molecule has 4 nitrogen and oxygen atoms in total. The topological polar surface area (TPSA) is 32.8 Å². The fourth-order valence-corrected chi connectivity index (χ4v) is 7.78. The summed E-state index contributed by atoms with van der Waals surface area (Å²) in [4.78, 5) is 4.61. The van der Waals surface area contributed by atoms with Gasteiger partial charge in [0, 0.05) is 56.8 Å². The summed E-state index contributed by atoms with van der Waals surface area (Å²) >= 11 is 0. The Bertz CT molecular complexity index is 2570. The minimum Gasteiger partial charge on any atom is -0.456 e. The molecular formula is C48H36N2O2. The summed E-state index contributed by atoms with van der Waals surface area (Å²) in [5.41, 5.74) is 16.9. The third kappa shape index (κ3) is 4.83. The molecule has 0 N–H and O–H groups in total. The van der Waals surface area contributed by atoms with Crippen LogP contribution in [0.25, 0.3) is 55.0 Å². The number of anilines is 6. The van der Waals surface area contributed by atoms with Gasteiger partial charge in [-0.3, -0.25) is 0 Å². The van der Waals surface area contributed by atoms with Crippen LogP contribution in [0.5, 0.6) is 0 Å². The van der Waals surface area contributed by atoms with E-state index in [1.807, 2.05) is 0 Å². The van der Waals surface area contributed by atoms with Gasteiger partial charge in [0.1, 0.15) is 22.3 Å². The Morgan fingerprint density at radius 2 is 0.615 bits per heavy atom. The summed E-state index contributed by atoms with van der Waals surface area (Å²) < 4.78 is 13.8. The standard InChI is InChI=1S/C48H36N2O2/c1-29-5-15-35(16-6-29)49(36-17-7-30(2)8-18-36)39-25-33-13-23-42-47-45(33)43(27-39)51-41-24-14-34-26-40(28-44(52-42)46(34)48(41)47)50(37-19-9-31(3)10-20-37)38-21-11-32(4)12-22-38/h5-28H,1-4H3. The zero-order chi connectivity index (χ0) is 35.1. The molecule has 10 rings (SSSR count). The summed E-state index contributed by atoms with van der Waals surface area (Å²) in [7, 11) is 0. The first-order valence-corrected chi connectivity index (χ1v) is 17.8. The van der Waals surface area contributed by atoms with Gasteiger partial charge >= 0.3 is 0 Å². The van der Waals surface area contributed by atoms with Crippen molar-refractivity contribution in [2.24, 2.45) is 0 Å². The quantitative estimate of drug-likeness (QED) is 0.130. The van der Waals surface area contributed by atoms with Gasteiger partial charge in [-0.05, 0) is 111 Å². The maximum Gasteiger partial charge on any atom is 0.138 e. The second-order valence-corrected chi connectivity index (χ2v) is 14.2. The van der Waals surface area contributed by atoms with Crippen LogP contribution in [0.15, 0.2) is 154 Å².